The van der Waals surface area contributed by atoms with E-state index in [4.69, 9.17) is 0 Å². The molecular weight excluding hydrogens is 216 g/mol. The third kappa shape index (κ3) is 2.45. The molecule has 0 radical (unpaired) electrons. The first-order chi connectivity index (χ1) is 7.99. The molecule has 2 aliphatic rings. The molecule has 4 heteroatoms. The Morgan fingerprint density at radius 3 is 2.88 bits per heavy atom. The molecule has 1 aliphatic carbocycles. The molecule has 1 aliphatic heterocycles. The second-order valence-corrected chi connectivity index (χ2v) is 5.82. The van der Waals surface area contributed by atoms with Crippen molar-refractivity contribution in [2.24, 2.45) is 23.7 Å². The van der Waals surface area contributed by atoms with Gasteiger partial charge in [0.1, 0.15) is 0 Å². The van der Waals surface area contributed by atoms with Gasteiger partial charge in [-0.25, -0.2) is 0 Å². The molecule has 0 aromatic heterocycles. The molecule has 0 aromatic carbocycles. The summed E-state index contributed by atoms with van der Waals surface area (Å²) >= 11 is 0. The van der Waals surface area contributed by atoms with Crippen molar-refractivity contribution in [2.75, 3.05) is 6.54 Å². The van der Waals surface area contributed by atoms with E-state index < -0.39 is 0 Å². The van der Waals surface area contributed by atoms with E-state index in [0.29, 0.717) is 36.8 Å². The SMILES string of the molecule is CC(C)C(=O)NC[C@H]1[C@@H]2CC(=O)N[C@@H]2C[C@@H]1C. The molecule has 1 saturated carbocycles. The molecule has 0 spiro atoms. The van der Waals surface area contributed by atoms with E-state index in [-0.39, 0.29) is 17.7 Å². The molecule has 96 valence electrons. The third-order valence-electron chi connectivity index (χ3n) is 4.23. The van der Waals surface area contributed by atoms with Crippen molar-refractivity contribution in [3.8, 4) is 0 Å². The van der Waals surface area contributed by atoms with Gasteiger partial charge in [0.25, 0.3) is 0 Å². The summed E-state index contributed by atoms with van der Waals surface area (Å²) in [4.78, 5) is 22.9. The Balaban J connectivity index is 1.91. The lowest BCUT2D eigenvalue weighted by Crippen LogP contribution is -2.35. The maximum Gasteiger partial charge on any atom is 0.222 e. The van der Waals surface area contributed by atoms with E-state index in [1.807, 2.05) is 13.8 Å². The average molecular weight is 238 g/mol. The van der Waals surface area contributed by atoms with E-state index in [1.54, 1.807) is 0 Å². The molecule has 4 atom stereocenters. The van der Waals surface area contributed by atoms with Gasteiger partial charge in [-0.3, -0.25) is 9.59 Å². The second-order valence-electron chi connectivity index (χ2n) is 5.82. The number of hydrogen-bond donors (Lipinski definition) is 2. The summed E-state index contributed by atoms with van der Waals surface area (Å²) in [5.41, 5.74) is 0. The first-order valence-corrected chi connectivity index (χ1v) is 6.56. The van der Waals surface area contributed by atoms with Crippen LogP contribution >= 0.6 is 0 Å². The molecule has 2 rings (SSSR count). The van der Waals surface area contributed by atoms with Crippen molar-refractivity contribution in [1.29, 1.82) is 0 Å². The molecule has 2 N–H and O–H groups in total. The van der Waals surface area contributed by atoms with Crippen molar-refractivity contribution >= 4 is 11.8 Å². The summed E-state index contributed by atoms with van der Waals surface area (Å²) in [6.45, 7) is 6.73. The molecule has 0 aromatic rings. The monoisotopic (exact) mass is 238 g/mol. The molecule has 2 fully saturated rings. The van der Waals surface area contributed by atoms with E-state index in [0.717, 1.165) is 6.42 Å². The quantitative estimate of drug-likeness (QED) is 0.768. The fraction of sp³-hybridized carbons (Fsp3) is 0.846. The number of amides is 2. The number of carbonyl (C=O) groups is 2. The van der Waals surface area contributed by atoms with Crippen LogP contribution in [-0.4, -0.2) is 24.4 Å². The Kier molecular flexibility index (Phi) is 3.40. The standard InChI is InChI=1S/C13H22N2O2/c1-7(2)13(17)14-6-10-8(3)4-11-9(10)5-12(16)15-11/h7-11H,4-6H2,1-3H3,(H,14,17)(H,15,16)/t8-,9-,10+,11+/m0/s1. The van der Waals surface area contributed by atoms with Crippen molar-refractivity contribution in [2.45, 2.75) is 39.7 Å². The first kappa shape index (κ1) is 12.4. The highest BCUT2D eigenvalue weighted by molar-refractivity contribution is 5.79. The number of hydrogen-bond acceptors (Lipinski definition) is 2. The molecule has 1 heterocycles. The second kappa shape index (κ2) is 4.67. The normalized spacial score (nSPS) is 35.9. The Labute approximate surface area is 103 Å². The Hall–Kier alpha value is -1.06. The molecule has 2 amide bonds. The van der Waals surface area contributed by atoms with Gasteiger partial charge in [-0.2, -0.15) is 0 Å². The topological polar surface area (TPSA) is 58.2 Å². The molecular formula is C13H22N2O2. The number of nitrogens with one attached hydrogen (secondary N) is 2. The predicted octanol–water partition coefficient (Wildman–Crippen LogP) is 0.919. The lowest BCUT2D eigenvalue weighted by molar-refractivity contribution is -0.124. The number of carbonyl (C=O) groups excluding carboxylic acids is 2. The Morgan fingerprint density at radius 2 is 2.24 bits per heavy atom. The van der Waals surface area contributed by atoms with Crippen LogP contribution in [0.2, 0.25) is 0 Å². The summed E-state index contributed by atoms with van der Waals surface area (Å²) in [5, 5.41) is 6.04. The van der Waals surface area contributed by atoms with E-state index in [1.165, 1.54) is 0 Å². The van der Waals surface area contributed by atoms with Gasteiger partial charge < -0.3 is 10.6 Å². The van der Waals surface area contributed by atoms with Gasteiger partial charge in [-0.05, 0) is 24.2 Å². The van der Waals surface area contributed by atoms with Crippen LogP contribution in [0, 0.1) is 23.7 Å². The smallest absolute Gasteiger partial charge is 0.222 e. The molecule has 0 bridgehead atoms. The predicted molar refractivity (Wildman–Crippen MR) is 65.2 cm³/mol. The van der Waals surface area contributed by atoms with Gasteiger partial charge in [-0.15, -0.1) is 0 Å². The van der Waals surface area contributed by atoms with Crippen LogP contribution < -0.4 is 10.6 Å². The maximum absolute atomic E-state index is 11.6. The lowest BCUT2D eigenvalue weighted by Gasteiger charge is -2.21. The minimum Gasteiger partial charge on any atom is -0.356 e. The highest BCUT2D eigenvalue weighted by Gasteiger charge is 2.46. The van der Waals surface area contributed by atoms with Crippen molar-refractivity contribution in [3.63, 3.8) is 0 Å². The zero-order valence-corrected chi connectivity index (χ0v) is 10.8. The molecule has 17 heavy (non-hydrogen) atoms. The van der Waals surface area contributed by atoms with Gasteiger partial charge in [0, 0.05) is 24.9 Å². The van der Waals surface area contributed by atoms with Crippen LogP contribution in [0.15, 0.2) is 0 Å². The molecule has 4 nitrogen and oxygen atoms in total. The fourth-order valence-electron chi connectivity index (χ4n) is 3.19. The molecule has 0 unspecified atom stereocenters. The highest BCUT2D eigenvalue weighted by Crippen LogP contribution is 2.41. The van der Waals surface area contributed by atoms with Crippen LogP contribution in [0.3, 0.4) is 0 Å². The lowest BCUT2D eigenvalue weighted by atomic mass is 9.88. The van der Waals surface area contributed by atoms with Crippen molar-refractivity contribution in [1.82, 2.24) is 10.6 Å². The minimum absolute atomic E-state index is 0.0332. The summed E-state index contributed by atoms with van der Waals surface area (Å²) in [7, 11) is 0. The van der Waals surface area contributed by atoms with Crippen LogP contribution in [0.4, 0.5) is 0 Å². The maximum atomic E-state index is 11.6. The first-order valence-electron chi connectivity index (χ1n) is 6.56. The van der Waals surface area contributed by atoms with Gasteiger partial charge in [0.15, 0.2) is 0 Å². The van der Waals surface area contributed by atoms with Crippen LogP contribution in [0.5, 0.6) is 0 Å². The van der Waals surface area contributed by atoms with Gasteiger partial charge >= 0.3 is 0 Å². The molecule has 1 saturated heterocycles. The van der Waals surface area contributed by atoms with Gasteiger partial charge in [0.2, 0.25) is 11.8 Å². The zero-order chi connectivity index (χ0) is 12.6. The summed E-state index contributed by atoms with van der Waals surface area (Å²) in [5.74, 6) is 1.76. The number of fused-ring (bicyclic) bond motifs is 1. The zero-order valence-electron chi connectivity index (χ0n) is 10.8. The Morgan fingerprint density at radius 1 is 1.53 bits per heavy atom. The van der Waals surface area contributed by atoms with Crippen LogP contribution in [0.25, 0.3) is 0 Å². The van der Waals surface area contributed by atoms with Crippen LogP contribution in [-0.2, 0) is 9.59 Å². The summed E-state index contributed by atoms with van der Waals surface area (Å²) < 4.78 is 0. The third-order valence-corrected chi connectivity index (χ3v) is 4.23. The fourth-order valence-corrected chi connectivity index (χ4v) is 3.19. The highest BCUT2D eigenvalue weighted by atomic mass is 16.2. The number of rotatable bonds is 3. The van der Waals surface area contributed by atoms with E-state index in [9.17, 15) is 9.59 Å². The van der Waals surface area contributed by atoms with E-state index in [2.05, 4.69) is 17.6 Å². The van der Waals surface area contributed by atoms with Gasteiger partial charge in [0.05, 0.1) is 0 Å². The largest absolute Gasteiger partial charge is 0.356 e. The summed E-state index contributed by atoms with van der Waals surface area (Å²) in [6.07, 6.45) is 1.69. The average Bonchev–Trinajstić information content (AvgIpc) is 2.70. The Bertz CT molecular complexity index is 327. The van der Waals surface area contributed by atoms with Crippen LogP contribution in [0.1, 0.15) is 33.6 Å². The van der Waals surface area contributed by atoms with E-state index >= 15 is 0 Å². The van der Waals surface area contributed by atoms with Gasteiger partial charge in [-0.1, -0.05) is 20.8 Å². The summed E-state index contributed by atoms with van der Waals surface area (Å²) in [6, 6.07) is 0.346. The van der Waals surface area contributed by atoms with Crippen molar-refractivity contribution in [3.05, 3.63) is 0 Å². The minimum atomic E-state index is 0.0332. The van der Waals surface area contributed by atoms with Crippen molar-refractivity contribution < 1.29 is 9.59 Å².